The van der Waals surface area contributed by atoms with Crippen LogP contribution in [0.25, 0.3) is 0 Å². The van der Waals surface area contributed by atoms with Crippen molar-refractivity contribution in [1.29, 1.82) is 0 Å². The first-order chi connectivity index (χ1) is 6.18. The van der Waals surface area contributed by atoms with Crippen LogP contribution in [0.15, 0.2) is 0 Å². The summed E-state index contributed by atoms with van der Waals surface area (Å²) in [6.07, 6.45) is 5.99. The van der Waals surface area contributed by atoms with Crippen molar-refractivity contribution in [2.45, 2.75) is 64.8 Å². The maximum Gasteiger partial charge on any atom is 0.168 e. The highest BCUT2D eigenvalue weighted by Gasteiger charge is 2.36. The van der Waals surface area contributed by atoms with E-state index < -0.39 is 0 Å². The molecule has 1 aliphatic rings. The molecule has 0 radical (unpaired) electrons. The zero-order valence-electron chi connectivity index (χ0n) is 9.14. The van der Waals surface area contributed by atoms with Crippen LogP contribution >= 0.6 is 0 Å². The van der Waals surface area contributed by atoms with Gasteiger partial charge in [0.15, 0.2) is 5.79 Å². The Morgan fingerprint density at radius 3 is 2.31 bits per heavy atom. The van der Waals surface area contributed by atoms with Crippen molar-refractivity contribution in [3.8, 4) is 0 Å². The standard InChI is InChI=1S/C11H22O2/c1-4-9-12-11(13-10(2)3)7-5-6-8-11/h10H,4-9H2,1-3H3. The molecule has 0 aliphatic heterocycles. The molecule has 0 unspecified atom stereocenters. The predicted molar refractivity (Wildman–Crippen MR) is 53.7 cm³/mol. The fourth-order valence-electron chi connectivity index (χ4n) is 1.93. The lowest BCUT2D eigenvalue weighted by Crippen LogP contribution is -2.35. The molecule has 1 fully saturated rings. The largest absolute Gasteiger partial charge is 0.350 e. The topological polar surface area (TPSA) is 18.5 Å². The lowest BCUT2D eigenvalue weighted by atomic mass is 10.2. The van der Waals surface area contributed by atoms with Crippen molar-refractivity contribution >= 4 is 0 Å². The van der Waals surface area contributed by atoms with Crippen LogP contribution in [0.5, 0.6) is 0 Å². The summed E-state index contributed by atoms with van der Waals surface area (Å²) in [5, 5.41) is 0. The quantitative estimate of drug-likeness (QED) is 0.614. The molecule has 1 aliphatic carbocycles. The third-order valence-corrected chi connectivity index (χ3v) is 2.39. The van der Waals surface area contributed by atoms with Gasteiger partial charge in [0.05, 0.1) is 6.10 Å². The van der Waals surface area contributed by atoms with Crippen molar-refractivity contribution in [2.24, 2.45) is 0 Å². The second-order valence-electron chi connectivity index (χ2n) is 4.13. The van der Waals surface area contributed by atoms with Gasteiger partial charge in [0, 0.05) is 19.4 Å². The summed E-state index contributed by atoms with van der Waals surface area (Å²) >= 11 is 0. The summed E-state index contributed by atoms with van der Waals surface area (Å²) < 4.78 is 11.7. The van der Waals surface area contributed by atoms with Crippen molar-refractivity contribution < 1.29 is 9.47 Å². The Morgan fingerprint density at radius 1 is 1.23 bits per heavy atom. The zero-order valence-corrected chi connectivity index (χ0v) is 9.14. The van der Waals surface area contributed by atoms with Gasteiger partial charge in [0.25, 0.3) is 0 Å². The third-order valence-electron chi connectivity index (χ3n) is 2.39. The van der Waals surface area contributed by atoms with Gasteiger partial charge >= 0.3 is 0 Å². The molecule has 1 rings (SSSR count). The molecule has 0 heterocycles. The number of ether oxygens (including phenoxy) is 2. The molecular weight excluding hydrogens is 164 g/mol. The first-order valence-electron chi connectivity index (χ1n) is 5.50. The van der Waals surface area contributed by atoms with E-state index in [2.05, 4.69) is 20.8 Å². The van der Waals surface area contributed by atoms with Crippen molar-refractivity contribution in [3.05, 3.63) is 0 Å². The van der Waals surface area contributed by atoms with E-state index in [1.165, 1.54) is 12.8 Å². The minimum atomic E-state index is -0.232. The van der Waals surface area contributed by atoms with Gasteiger partial charge < -0.3 is 9.47 Å². The highest BCUT2D eigenvalue weighted by atomic mass is 16.7. The van der Waals surface area contributed by atoms with Gasteiger partial charge in [-0.25, -0.2) is 0 Å². The van der Waals surface area contributed by atoms with Crippen LogP contribution in [-0.2, 0) is 9.47 Å². The molecule has 0 saturated heterocycles. The SMILES string of the molecule is CCCOC1(OC(C)C)CCCC1. The average molecular weight is 186 g/mol. The van der Waals surface area contributed by atoms with E-state index in [4.69, 9.17) is 9.47 Å². The molecule has 0 spiro atoms. The Kier molecular flexibility index (Phi) is 4.20. The first kappa shape index (κ1) is 11.0. The Hall–Kier alpha value is -0.0800. The van der Waals surface area contributed by atoms with Gasteiger partial charge in [-0.15, -0.1) is 0 Å². The van der Waals surface area contributed by atoms with Gasteiger partial charge in [-0.2, -0.15) is 0 Å². The average Bonchev–Trinajstić information content (AvgIpc) is 2.49. The van der Waals surface area contributed by atoms with E-state index >= 15 is 0 Å². The van der Waals surface area contributed by atoms with Crippen LogP contribution in [-0.4, -0.2) is 18.5 Å². The van der Waals surface area contributed by atoms with E-state index in [1.54, 1.807) is 0 Å². The van der Waals surface area contributed by atoms with E-state index in [0.29, 0.717) is 0 Å². The number of hydrogen-bond donors (Lipinski definition) is 0. The molecule has 2 nitrogen and oxygen atoms in total. The molecule has 0 N–H and O–H groups in total. The summed E-state index contributed by atoms with van der Waals surface area (Å²) in [7, 11) is 0. The van der Waals surface area contributed by atoms with E-state index in [0.717, 1.165) is 25.9 Å². The molecule has 0 bridgehead atoms. The summed E-state index contributed by atoms with van der Waals surface area (Å²) in [6.45, 7) is 7.12. The van der Waals surface area contributed by atoms with Crippen molar-refractivity contribution in [3.63, 3.8) is 0 Å². The zero-order chi connectivity index (χ0) is 9.73. The van der Waals surface area contributed by atoms with Gasteiger partial charge in [0.1, 0.15) is 0 Å². The maximum atomic E-state index is 5.88. The van der Waals surface area contributed by atoms with Crippen LogP contribution in [0, 0.1) is 0 Å². The molecule has 0 amide bonds. The highest BCUT2D eigenvalue weighted by molar-refractivity contribution is 4.78. The van der Waals surface area contributed by atoms with Crippen molar-refractivity contribution in [1.82, 2.24) is 0 Å². The van der Waals surface area contributed by atoms with Gasteiger partial charge in [-0.3, -0.25) is 0 Å². The van der Waals surface area contributed by atoms with E-state index in [9.17, 15) is 0 Å². The normalized spacial score (nSPS) is 21.2. The van der Waals surface area contributed by atoms with Gasteiger partial charge in [-0.05, 0) is 33.1 Å². The summed E-state index contributed by atoms with van der Waals surface area (Å²) in [6, 6.07) is 0. The summed E-state index contributed by atoms with van der Waals surface area (Å²) in [5.74, 6) is -0.232. The highest BCUT2D eigenvalue weighted by Crippen LogP contribution is 2.35. The van der Waals surface area contributed by atoms with Crippen molar-refractivity contribution in [2.75, 3.05) is 6.61 Å². The number of rotatable bonds is 5. The molecule has 1 saturated carbocycles. The molecule has 0 aromatic heterocycles. The van der Waals surface area contributed by atoms with E-state index in [1.807, 2.05) is 0 Å². The van der Waals surface area contributed by atoms with Gasteiger partial charge in [-0.1, -0.05) is 6.92 Å². The Bertz CT molecular complexity index is 137. The van der Waals surface area contributed by atoms with Gasteiger partial charge in [0.2, 0.25) is 0 Å². The van der Waals surface area contributed by atoms with Crippen LogP contribution in [0.3, 0.4) is 0 Å². The molecule has 0 aromatic carbocycles. The minimum Gasteiger partial charge on any atom is -0.350 e. The lowest BCUT2D eigenvalue weighted by Gasteiger charge is -2.31. The number of hydrogen-bond acceptors (Lipinski definition) is 2. The van der Waals surface area contributed by atoms with Crippen LogP contribution in [0.1, 0.15) is 52.9 Å². The molecule has 2 heteroatoms. The lowest BCUT2D eigenvalue weighted by molar-refractivity contribution is -0.249. The second kappa shape index (κ2) is 4.97. The molecular formula is C11H22O2. The van der Waals surface area contributed by atoms with E-state index in [-0.39, 0.29) is 11.9 Å². The Balaban J connectivity index is 2.42. The van der Waals surface area contributed by atoms with Crippen LogP contribution in [0.2, 0.25) is 0 Å². The Morgan fingerprint density at radius 2 is 1.85 bits per heavy atom. The first-order valence-corrected chi connectivity index (χ1v) is 5.50. The summed E-state index contributed by atoms with van der Waals surface area (Å²) in [4.78, 5) is 0. The van der Waals surface area contributed by atoms with Crippen LogP contribution in [0.4, 0.5) is 0 Å². The third kappa shape index (κ3) is 3.28. The fourth-order valence-corrected chi connectivity index (χ4v) is 1.93. The smallest absolute Gasteiger partial charge is 0.168 e. The molecule has 0 atom stereocenters. The summed E-state index contributed by atoms with van der Waals surface area (Å²) in [5.41, 5.74) is 0. The monoisotopic (exact) mass is 186 g/mol. The maximum absolute atomic E-state index is 5.88. The minimum absolute atomic E-state index is 0.232. The predicted octanol–water partition coefficient (Wildman–Crippen LogP) is 3.11. The molecule has 78 valence electrons. The Labute approximate surface area is 81.6 Å². The second-order valence-corrected chi connectivity index (χ2v) is 4.13. The molecule has 13 heavy (non-hydrogen) atoms. The molecule has 0 aromatic rings. The fraction of sp³-hybridized carbons (Fsp3) is 1.00. The van der Waals surface area contributed by atoms with Crippen LogP contribution < -0.4 is 0 Å².